The van der Waals surface area contributed by atoms with E-state index in [1.165, 1.54) is 30.5 Å². The molecule has 1 amide bonds. The molecule has 0 aliphatic carbocycles. The minimum atomic E-state index is -4.66. The summed E-state index contributed by atoms with van der Waals surface area (Å²) in [6, 6.07) is 5.20. The lowest BCUT2D eigenvalue weighted by Crippen LogP contribution is -2.37. The molecule has 0 saturated carbocycles. The van der Waals surface area contributed by atoms with Gasteiger partial charge >= 0.3 is 12.1 Å². The van der Waals surface area contributed by atoms with E-state index in [0.29, 0.717) is 0 Å². The summed E-state index contributed by atoms with van der Waals surface area (Å²) in [7, 11) is 0. The second kappa shape index (κ2) is 10.8. The van der Waals surface area contributed by atoms with Crippen molar-refractivity contribution in [3.05, 3.63) is 77.2 Å². The van der Waals surface area contributed by atoms with Crippen LogP contribution in [0.1, 0.15) is 34.7 Å². The Balaban J connectivity index is 1.63. The number of thiazole rings is 1. The Morgan fingerprint density at radius 3 is 2.51 bits per heavy atom. The maximum Gasteiger partial charge on any atom is 0.417 e. The van der Waals surface area contributed by atoms with Crippen molar-refractivity contribution in [3.63, 3.8) is 0 Å². The smallest absolute Gasteiger partial charge is 0.417 e. The van der Waals surface area contributed by atoms with Crippen LogP contribution in [-0.2, 0) is 17.4 Å². The van der Waals surface area contributed by atoms with Gasteiger partial charge in [-0.05, 0) is 18.6 Å². The third-order valence-electron chi connectivity index (χ3n) is 5.20. The van der Waals surface area contributed by atoms with Gasteiger partial charge < -0.3 is 10.4 Å². The van der Waals surface area contributed by atoms with Crippen LogP contribution >= 0.6 is 11.3 Å². The fourth-order valence-corrected chi connectivity index (χ4v) is 4.17. The molecule has 4 rings (SSSR count). The highest BCUT2D eigenvalue weighted by Crippen LogP contribution is 2.38. The zero-order chi connectivity index (χ0) is 26.6. The van der Waals surface area contributed by atoms with Gasteiger partial charge in [0.15, 0.2) is 11.5 Å². The number of alkyl halides is 3. The summed E-state index contributed by atoms with van der Waals surface area (Å²) in [5.41, 5.74) is -1.35. The Labute approximate surface area is 210 Å². The van der Waals surface area contributed by atoms with E-state index in [1.807, 2.05) is 0 Å². The molecule has 3 heterocycles. The van der Waals surface area contributed by atoms with Crippen molar-refractivity contribution in [2.45, 2.75) is 31.5 Å². The second-order valence-corrected chi connectivity index (χ2v) is 8.68. The molecule has 0 saturated heterocycles. The normalized spacial score (nSPS) is 12.3. The van der Waals surface area contributed by atoms with Gasteiger partial charge in [-0.25, -0.2) is 24.0 Å². The summed E-state index contributed by atoms with van der Waals surface area (Å²) < 4.78 is 55.3. The molecule has 0 fully saturated rings. The van der Waals surface area contributed by atoms with E-state index >= 15 is 0 Å². The number of carbonyl (C=O) groups excluding carboxylic acids is 1. The van der Waals surface area contributed by atoms with Gasteiger partial charge in [-0.2, -0.15) is 18.3 Å². The lowest BCUT2D eigenvalue weighted by molar-refractivity contribution is -0.138. The SMILES string of the molecule is O=C(O)CC(CCc1ncc(F)cn1)NC(=O)c1cc(-c2ccccc2C(F)(F)F)n(-c2nccs2)n1. The average Bonchev–Trinajstić information content (AvgIpc) is 3.53. The molecule has 0 bridgehead atoms. The van der Waals surface area contributed by atoms with E-state index in [0.717, 1.165) is 34.5 Å². The summed E-state index contributed by atoms with van der Waals surface area (Å²) >= 11 is 1.11. The second-order valence-electron chi connectivity index (χ2n) is 7.81. The minimum absolute atomic E-state index is 0.0116. The fraction of sp³-hybridized carbons (Fsp3) is 0.217. The van der Waals surface area contributed by atoms with Gasteiger partial charge in [0.25, 0.3) is 5.91 Å². The van der Waals surface area contributed by atoms with Crippen molar-refractivity contribution in [3.8, 4) is 16.4 Å². The molecule has 14 heteroatoms. The molecule has 9 nitrogen and oxygen atoms in total. The van der Waals surface area contributed by atoms with Crippen LogP contribution in [0.3, 0.4) is 0 Å². The molecule has 3 aromatic heterocycles. The van der Waals surface area contributed by atoms with Crippen molar-refractivity contribution in [1.82, 2.24) is 30.0 Å². The van der Waals surface area contributed by atoms with Gasteiger partial charge in [0.2, 0.25) is 5.13 Å². The van der Waals surface area contributed by atoms with Crippen LogP contribution in [0, 0.1) is 5.82 Å². The largest absolute Gasteiger partial charge is 0.481 e. The zero-order valence-corrected chi connectivity index (χ0v) is 19.6. The van der Waals surface area contributed by atoms with E-state index in [4.69, 9.17) is 0 Å². The molecular formula is C23H18F4N6O3S. The standard InChI is InChI=1S/C23H18F4N6O3S/c24-13-11-29-19(30-12-13)6-5-14(9-20(34)35)31-21(36)17-10-18(33(32-17)22-28-7-8-37-22)15-3-1-2-4-16(15)23(25,26)27/h1-4,7-8,10-12,14H,5-6,9H2,(H,31,36)(H,34,35). The summed E-state index contributed by atoms with van der Waals surface area (Å²) in [4.78, 5) is 36.1. The number of rotatable bonds is 9. The molecule has 1 unspecified atom stereocenters. The molecule has 1 aromatic carbocycles. The molecule has 0 radical (unpaired) electrons. The number of nitrogens with zero attached hydrogens (tertiary/aromatic N) is 5. The Kier molecular flexibility index (Phi) is 7.57. The first-order chi connectivity index (χ1) is 17.6. The number of carbonyl (C=O) groups is 2. The number of benzene rings is 1. The Hall–Kier alpha value is -4.20. The number of carboxylic acid groups (broad SMARTS) is 1. The lowest BCUT2D eigenvalue weighted by atomic mass is 10.0. The first-order valence-electron chi connectivity index (χ1n) is 10.8. The Bertz CT molecular complexity index is 1390. The molecule has 0 aliphatic rings. The van der Waals surface area contributed by atoms with Gasteiger partial charge in [0.05, 0.1) is 30.1 Å². The number of halogens is 4. The number of aliphatic carboxylic acids is 1. The Morgan fingerprint density at radius 1 is 1.14 bits per heavy atom. The van der Waals surface area contributed by atoms with Gasteiger partial charge in [-0.1, -0.05) is 18.2 Å². The van der Waals surface area contributed by atoms with Crippen molar-refractivity contribution in [1.29, 1.82) is 0 Å². The maximum absolute atomic E-state index is 13.7. The summed E-state index contributed by atoms with van der Waals surface area (Å²) in [6.45, 7) is 0. The number of nitrogens with one attached hydrogen (secondary N) is 1. The summed E-state index contributed by atoms with van der Waals surface area (Å²) in [5.74, 6) is -2.34. The average molecular weight is 534 g/mol. The molecule has 1 atom stereocenters. The number of aryl methyl sites for hydroxylation is 1. The third-order valence-corrected chi connectivity index (χ3v) is 5.94. The van der Waals surface area contributed by atoms with Crippen LogP contribution in [0.2, 0.25) is 0 Å². The highest BCUT2D eigenvalue weighted by atomic mass is 32.1. The van der Waals surface area contributed by atoms with Gasteiger partial charge in [-0.15, -0.1) is 11.3 Å². The quantitative estimate of drug-likeness (QED) is 0.309. The highest BCUT2D eigenvalue weighted by molar-refractivity contribution is 7.12. The molecule has 192 valence electrons. The third kappa shape index (κ3) is 6.33. The molecular weight excluding hydrogens is 516 g/mol. The number of hydrogen-bond acceptors (Lipinski definition) is 7. The predicted molar refractivity (Wildman–Crippen MR) is 123 cm³/mol. The first kappa shape index (κ1) is 25.9. The number of carboxylic acids is 1. The molecule has 4 aromatic rings. The van der Waals surface area contributed by atoms with Crippen LogP contribution in [0.15, 0.2) is 54.3 Å². The summed E-state index contributed by atoms with van der Waals surface area (Å²) in [5, 5.41) is 17.9. The monoisotopic (exact) mass is 534 g/mol. The van der Waals surface area contributed by atoms with E-state index < -0.39 is 41.9 Å². The van der Waals surface area contributed by atoms with Crippen LogP contribution < -0.4 is 5.32 Å². The number of hydrogen-bond donors (Lipinski definition) is 2. The van der Waals surface area contributed by atoms with E-state index in [-0.39, 0.29) is 40.7 Å². The fourth-order valence-electron chi connectivity index (χ4n) is 3.57. The van der Waals surface area contributed by atoms with E-state index in [9.17, 15) is 32.3 Å². The number of amides is 1. The number of aromatic nitrogens is 5. The minimum Gasteiger partial charge on any atom is -0.481 e. The van der Waals surface area contributed by atoms with Gasteiger partial charge in [0, 0.05) is 29.6 Å². The van der Waals surface area contributed by atoms with Crippen molar-refractivity contribution >= 4 is 23.2 Å². The molecule has 2 N–H and O–H groups in total. The molecule has 0 aliphatic heterocycles. The predicted octanol–water partition coefficient (Wildman–Crippen LogP) is 4.15. The van der Waals surface area contributed by atoms with Crippen molar-refractivity contribution < 1.29 is 32.3 Å². The zero-order valence-electron chi connectivity index (χ0n) is 18.8. The summed E-state index contributed by atoms with van der Waals surface area (Å²) in [6.07, 6.45) is -1.45. The topological polar surface area (TPSA) is 123 Å². The van der Waals surface area contributed by atoms with Crippen LogP contribution in [0.5, 0.6) is 0 Å². The molecule has 0 spiro atoms. The van der Waals surface area contributed by atoms with Gasteiger partial charge in [-0.3, -0.25) is 9.59 Å². The van der Waals surface area contributed by atoms with Crippen LogP contribution in [-0.4, -0.2) is 47.8 Å². The molecule has 37 heavy (non-hydrogen) atoms. The van der Waals surface area contributed by atoms with E-state index in [2.05, 4.69) is 25.4 Å². The van der Waals surface area contributed by atoms with Crippen LogP contribution in [0.25, 0.3) is 16.4 Å². The van der Waals surface area contributed by atoms with Crippen molar-refractivity contribution in [2.24, 2.45) is 0 Å². The highest BCUT2D eigenvalue weighted by Gasteiger charge is 2.35. The Morgan fingerprint density at radius 2 is 1.86 bits per heavy atom. The first-order valence-corrected chi connectivity index (χ1v) is 11.7. The lowest BCUT2D eigenvalue weighted by Gasteiger charge is -2.15. The van der Waals surface area contributed by atoms with Crippen molar-refractivity contribution in [2.75, 3.05) is 0 Å². The van der Waals surface area contributed by atoms with Gasteiger partial charge in [0.1, 0.15) is 5.82 Å². The van der Waals surface area contributed by atoms with E-state index in [1.54, 1.807) is 5.38 Å². The van der Waals surface area contributed by atoms with Crippen LogP contribution in [0.4, 0.5) is 17.6 Å². The maximum atomic E-state index is 13.7.